The molecule has 1 atom stereocenters. The van der Waals surface area contributed by atoms with Gasteiger partial charge in [0.05, 0.1) is 30.1 Å². The molecule has 28 heavy (non-hydrogen) atoms. The second-order valence-corrected chi connectivity index (χ2v) is 8.65. The number of nitro groups is 1. The van der Waals surface area contributed by atoms with Crippen LogP contribution in [0.2, 0.25) is 0 Å². The number of anilines is 1. The van der Waals surface area contributed by atoms with E-state index in [0.29, 0.717) is 23.7 Å². The summed E-state index contributed by atoms with van der Waals surface area (Å²) in [6.07, 6.45) is 2.66. The van der Waals surface area contributed by atoms with Crippen LogP contribution in [0.5, 0.6) is 11.5 Å². The summed E-state index contributed by atoms with van der Waals surface area (Å²) in [5.41, 5.74) is 1.04. The number of hydrogen-bond acceptors (Lipinski definition) is 7. The van der Waals surface area contributed by atoms with Crippen molar-refractivity contribution in [1.29, 1.82) is 0 Å². The number of ether oxygens (including phenoxy) is 2. The molecule has 3 rings (SSSR count). The predicted molar refractivity (Wildman–Crippen MR) is 105 cm³/mol. The number of sulfone groups is 1. The monoisotopic (exact) mass is 406 g/mol. The minimum absolute atomic E-state index is 0.0716. The van der Waals surface area contributed by atoms with Crippen molar-refractivity contribution in [3.8, 4) is 11.5 Å². The Morgan fingerprint density at radius 1 is 1.14 bits per heavy atom. The summed E-state index contributed by atoms with van der Waals surface area (Å²) in [6.45, 7) is 0.615. The number of benzene rings is 2. The fraction of sp³-hybridized carbons (Fsp3) is 0.368. The Hall–Kier alpha value is -2.81. The average molecular weight is 406 g/mol. The second kappa shape index (κ2) is 7.67. The minimum Gasteiger partial charge on any atom is -0.497 e. The Bertz CT molecular complexity index is 1010. The molecule has 1 aliphatic rings. The van der Waals surface area contributed by atoms with Gasteiger partial charge < -0.3 is 14.4 Å². The molecule has 1 heterocycles. The van der Waals surface area contributed by atoms with Gasteiger partial charge in [-0.3, -0.25) is 10.1 Å². The van der Waals surface area contributed by atoms with Gasteiger partial charge in [0.15, 0.2) is 9.84 Å². The molecule has 9 heteroatoms. The van der Waals surface area contributed by atoms with Crippen LogP contribution in [0, 0.1) is 10.1 Å². The maximum absolute atomic E-state index is 11.8. The number of rotatable bonds is 6. The van der Waals surface area contributed by atoms with E-state index >= 15 is 0 Å². The number of methoxy groups -OCH3 is 2. The van der Waals surface area contributed by atoms with E-state index in [1.54, 1.807) is 20.3 Å². The SMILES string of the molecule is COc1ccc(OC)c([C@@H]2CCCN2c2ccc(S(C)(=O)=O)cc2[N+](=O)[O-])c1. The molecule has 1 fully saturated rings. The molecule has 2 aromatic carbocycles. The fourth-order valence-electron chi connectivity index (χ4n) is 3.60. The van der Waals surface area contributed by atoms with E-state index in [9.17, 15) is 18.5 Å². The summed E-state index contributed by atoms with van der Waals surface area (Å²) < 4.78 is 34.4. The zero-order chi connectivity index (χ0) is 20.5. The van der Waals surface area contributed by atoms with Crippen LogP contribution in [0.15, 0.2) is 41.3 Å². The van der Waals surface area contributed by atoms with Crippen molar-refractivity contribution in [2.45, 2.75) is 23.8 Å². The molecule has 0 aromatic heterocycles. The molecular formula is C19H22N2O6S. The highest BCUT2D eigenvalue weighted by atomic mass is 32.2. The Morgan fingerprint density at radius 2 is 1.89 bits per heavy atom. The van der Waals surface area contributed by atoms with E-state index in [0.717, 1.165) is 30.7 Å². The summed E-state index contributed by atoms with van der Waals surface area (Å²) in [6, 6.07) is 9.39. The number of nitrogens with zero attached hydrogens (tertiary/aromatic N) is 2. The molecule has 150 valence electrons. The second-order valence-electron chi connectivity index (χ2n) is 6.64. The summed E-state index contributed by atoms with van der Waals surface area (Å²) in [4.78, 5) is 13.0. The maximum atomic E-state index is 11.8. The molecule has 0 saturated carbocycles. The lowest BCUT2D eigenvalue weighted by atomic mass is 10.0. The Labute approximate surface area is 163 Å². The van der Waals surface area contributed by atoms with Gasteiger partial charge in [-0.05, 0) is 43.2 Å². The predicted octanol–water partition coefficient (Wildman–Crippen LogP) is 3.36. The molecule has 0 N–H and O–H groups in total. The largest absolute Gasteiger partial charge is 0.497 e. The molecule has 0 amide bonds. The van der Waals surface area contributed by atoms with Gasteiger partial charge in [-0.15, -0.1) is 0 Å². The van der Waals surface area contributed by atoms with E-state index in [1.807, 2.05) is 17.0 Å². The van der Waals surface area contributed by atoms with Crippen molar-refractivity contribution >= 4 is 21.2 Å². The molecule has 2 aromatic rings. The van der Waals surface area contributed by atoms with Crippen LogP contribution < -0.4 is 14.4 Å². The molecule has 8 nitrogen and oxygen atoms in total. The van der Waals surface area contributed by atoms with Gasteiger partial charge in [0, 0.05) is 24.4 Å². The summed E-state index contributed by atoms with van der Waals surface area (Å²) in [5, 5.41) is 11.7. The van der Waals surface area contributed by atoms with Crippen LogP contribution in [0.3, 0.4) is 0 Å². The highest BCUT2D eigenvalue weighted by molar-refractivity contribution is 7.90. The normalized spacial score (nSPS) is 16.8. The molecular weight excluding hydrogens is 384 g/mol. The van der Waals surface area contributed by atoms with Crippen molar-refractivity contribution in [1.82, 2.24) is 0 Å². The third kappa shape index (κ3) is 3.75. The van der Waals surface area contributed by atoms with Gasteiger partial charge in [-0.25, -0.2) is 8.42 Å². The molecule has 1 saturated heterocycles. The standard InChI is InChI=1S/C19H22N2O6S/c1-26-13-6-9-19(27-2)15(11-13)16-5-4-10-20(16)17-8-7-14(28(3,24)25)12-18(17)21(22)23/h6-9,11-12,16H,4-5,10H2,1-3H3/t16-/m0/s1. The Morgan fingerprint density at radius 3 is 2.50 bits per heavy atom. The molecule has 0 aliphatic carbocycles. The molecule has 0 unspecified atom stereocenters. The Kier molecular flexibility index (Phi) is 5.46. The lowest BCUT2D eigenvalue weighted by Gasteiger charge is -2.28. The zero-order valence-electron chi connectivity index (χ0n) is 15.9. The van der Waals surface area contributed by atoms with Gasteiger partial charge in [0.2, 0.25) is 0 Å². The topological polar surface area (TPSA) is 99.0 Å². The van der Waals surface area contributed by atoms with E-state index in [-0.39, 0.29) is 16.6 Å². The summed E-state index contributed by atoms with van der Waals surface area (Å²) >= 11 is 0. The van der Waals surface area contributed by atoms with E-state index in [2.05, 4.69) is 0 Å². The third-order valence-electron chi connectivity index (χ3n) is 4.93. The van der Waals surface area contributed by atoms with E-state index in [1.165, 1.54) is 12.1 Å². The van der Waals surface area contributed by atoms with Gasteiger partial charge in [-0.1, -0.05) is 0 Å². The highest BCUT2D eigenvalue weighted by Crippen LogP contribution is 2.44. The number of hydrogen-bond donors (Lipinski definition) is 0. The average Bonchev–Trinajstić information content (AvgIpc) is 3.15. The Balaban J connectivity index is 2.10. The van der Waals surface area contributed by atoms with Crippen LogP contribution in [0.25, 0.3) is 0 Å². The van der Waals surface area contributed by atoms with Crippen molar-refractivity contribution in [2.24, 2.45) is 0 Å². The molecule has 0 spiro atoms. The van der Waals surface area contributed by atoms with Crippen LogP contribution in [0.1, 0.15) is 24.4 Å². The minimum atomic E-state index is -3.54. The van der Waals surface area contributed by atoms with Gasteiger partial charge >= 0.3 is 0 Å². The number of nitro benzene ring substituents is 1. The van der Waals surface area contributed by atoms with Crippen LogP contribution in [-0.4, -0.2) is 40.4 Å². The smallest absolute Gasteiger partial charge is 0.293 e. The lowest BCUT2D eigenvalue weighted by molar-refractivity contribution is -0.384. The first-order valence-corrected chi connectivity index (χ1v) is 10.6. The van der Waals surface area contributed by atoms with Gasteiger partial charge in [-0.2, -0.15) is 0 Å². The van der Waals surface area contributed by atoms with Crippen molar-refractivity contribution < 1.29 is 22.8 Å². The molecule has 0 radical (unpaired) electrons. The summed E-state index contributed by atoms with van der Waals surface area (Å²) in [7, 11) is -0.390. The fourth-order valence-corrected chi connectivity index (χ4v) is 4.24. The third-order valence-corrected chi connectivity index (χ3v) is 6.04. The first-order chi connectivity index (χ1) is 13.3. The van der Waals surface area contributed by atoms with Crippen molar-refractivity contribution in [3.05, 3.63) is 52.1 Å². The zero-order valence-corrected chi connectivity index (χ0v) is 16.7. The van der Waals surface area contributed by atoms with Gasteiger partial charge in [0.1, 0.15) is 17.2 Å². The van der Waals surface area contributed by atoms with E-state index in [4.69, 9.17) is 9.47 Å². The van der Waals surface area contributed by atoms with Crippen LogP contribution in [0.4, 0.5) is 11.4 Å². The highest BCUT2D eigenvalue weighted by Gasteiger charge is 2.33. The maximum Gasteiger partial charge on any atom is 0.293 e. The first-order valence-electron chi connectivity index (χ1n) is 8.73. The van der Waals surface area contributed by atoms with Crippen LogP contribution >= 0.6 is 0 Å². The van der Waals surface area contributed by atoms with Gasteiger partial charge in [0.25, 0.3) is 5.69 Å². The first kappa shape index (κ1) is 19.9. The molecule has 0 bridgehead atoms. The van der Waals surface area contributed by atoms with Crippen LogP contribution in [-0.2, 0) is 9.84 Å². The van der Waals surface area contributed by atoms with Crippen molar-refractivity contribution in [3.63, 3.8) is 0 Å². The lowest BCUT2D eigenvalue weighted by Crippen LogP contribution is -2.24. The summed E-state index contributed by atoms with van der Waals surface area (Å²) in [5.74, 6) is 1.35. The van der Waals surface area contributed by atoms with Crippen molar-refractivity contribution in [2.75, 3.05) is 31.9 Å². The molecule has 1 aliphatic heterocycles. The quantitative estimate of drug-likeness (QED) is 0.536. The van der Waals surface area contributed by atoms with E-state index < -0.39 is 14.8 Å².